The normalized spacial score (nSPS) is 21.8. The molecular formula is C21H31FO. The summed E-state index contributed by atoms with van der Waals surface area (Å²) in [5.74, 6) is 1.62. The van der Waals surface area contributed by atoms with Crippen LogP contribution in [0.25, 0.3) is 0 Å². The van der Waals surface area contributed by atoms with E-state index in [-0.39, 0.29) is 6.67 Å². The summed E-state index contributed by atoms with van der Waals surface area (Å²) < 4.78 is 17.2. The van der Waals surface area contributed by atoms with Crippen LogP contribution in [0.5, 0.6) is 0 Å². The molecule has 0 aliphatic heterocycles. The summed E-state index contributed by atoms with van der Waals surface area (Å²) in [7, 11) is 1.74. The third kappa shape index (κ3) is 6.47. The Labute approximate surface area is 140 Å². The van der Waals surface area contributed by atoms with Crippen LogP contribution < -0.4 is 0 Å². The van der Waals surface area contributed by atoms with E-state index in [1.54, 1.807) is 7.11 Å². The molecule has 0 bridgehead atoms. The lowest BCUT2D eigenvalue weighted by Gasteiger charge is -2.28. The molecular weight excluding hydrogens is 287 g/mol. The number of alkyl halides is 1. The minimum absolute atomic E-state index is 0.194. The number of allylic oxidation sites excluding steroid dienone is 2. The lowest BCUT2D eigenvalue weighted by atomic mass is 9.77. The van der Waals surface area contributed by atoms with Crippen molar-refractivity contribution in [1.29, 1.82) is 0 Å². The molecule has 1 nitrogen and oxygen atoms in total. The molecule has 0 saturated heterocycles. The van der Waals surface area contributed by atoms with Crippen LogP contribution in [0.1, 0.15) is 68.4 Å². The van der Waals surface area contributed by atoms with Crippen molar-refractivity contribution >= 4 is 0 Å². The quantitative estimate of drug-likeness (QED) is 0.389. The van der Waals surface area contributed by atoms with Crippen molar-refractivity contribution in [2.45, 2.75) is 63.9 Å². The van der Waals surface area contributed by atoms with Gasteiger partial charge in [0.25, 0.3) is 0 Å². The van der Waals surface area contributed by atoms with Crippen LogP contribution in [0, 0.1) is 5.92 Å². The predicted octanol–water partition coefficient (Wildman–Crippen LogP) is 6.19. The largest absolute Gasteiger partial charge is 0.380 e. The topological polar surface area (TPSA) is 9.23 Å². The number of halogens is 1. The van der Waals surface area contributed by atoms with Gasteiger partial charge in [-0.3, -0.25) is 4.39 Å². The fourth-order valence-corrected chi connectivity index (χ4v) is 3.60. The highest BCUT2D eigenvalue weighted by atomic mass is 19.1. The fraction of sp³-hybridized carbons (Fsp3) is 0.619. The fourth-order valence-electron chi connectivity index (χ4n) is 3.60. The number of hydrogen-bond acceptors (Lipinski definition) is 1. The summed E-state index contributed by atoms with van der Waals surface area (Å²) in [6.07, 6.45) is 13.8. The van der Waals surface area contributed by atoms with Crippen molar-refractivity contribution < 1.29 is 9.13 Å². The van der Waals surface area contributed by atoms with Gasteiger partial charge in [-0.05, 0) is 74.3 Å². The van der Waals surface area contributed by atoms with Gasteiger partial charge < -0.3 is 4.74 Å². The monoisotopic (exact) mass is 318 g/mol. The number of hydrogen-bond donors (Lipinski definition) is 0. The van der Waals surface area contributed by atoms with E-state index < -0.39 is 0 Å². The minimum Gasteiger partial charge on any atom is -0.380 e. The maximum Gasteiger partial charge on any atom is 0.0897 e. The number of benzene rings is 1. The first kappa shape index (κ1) is 18.2. The minimum atomic E-state index is -0.194. The van der Waals surface area contributed by atoms with Crippen molar-refractivity contribution in [3.05, 3.63) is 47.5 Å². The van der Waals surface area contributed by atoms with Gasteiger partial charge in [-0.15, -0.1) is 0 Å². The van der Waals surface area contributed by atoms with Gasteiger partial charge in [0.15, 0.2) is 0 Å². The highest BCUT2D eigenvalue weighted by molar-refractivity contribution is 5.25. The molecule has 1 aromatic rings. The van der Waals surface area contributed by atoms with Gasteiger partial charge in [0.05, 0.1) is 13.3 Å². The Morgan fingerprint density at radius 1 is 1.04 bits per heavy atom. The van der Waals surface area contributed by atoms with Crippen molar-refractivity contribution in [2.75, 3.05) is 13.8 Å². The Balaban J connectivity index is 1.68. The van der Waals surface area contributed by atoms with E-state index >= 15 is 0 Å². The first-order chi connectivity index (χ1) is 11.3. The van der Waals surface area contributed by atoms with E-state index in [4.69, 9.17) is 4.74 Å². The Hall–Kier alpha value is -1.15. The van der Waals surface area contributed by atoms with Gasteiger partial charge in [0.2, 0.25) is 0 Å². The van der Waals surface area contributed by atoms with Crippen LogP contribution in [0.2, 0.25) is 0 Å². The van der Waals surface area contributed by atoms with E-state index in [2.05, 4.69) is 36.4 Å². The van der Waals surface area contributed by atoms with E-state index in [0.717, 1.165) is 24.7 Å². The molecule has 2 rings (SSSR count). The second-order valence-electron chi connectivity index (χ2n) is 6.77. The average Bonchev–Trinajstić information content (AvgIpc) is 2.60. The van der Waals surface area contributed by atoms with Crippen molar-refractivity contribution in [3.8, 4) is 0 Å². The molecule has 0 amide bonds. The van der Waals surface area contributed by atoms with Crippen molar-refractivity contribution in [3.63, 3.8) is 0 Å². The highest BCUT2D eigenvalue weighted by Gasteiger charge is 2.21. The number of methoxy groups -OCH3 is 1. The van der Waals surface area contributed by atoms with Crippen molar-refractivity contribution in [1.82, 2.24) is 0 Å². The molecule has 0 heterocycles. The first-order valence-corrected chi connectivity index (χ1v) is 9.12. The third-order valence-electron chi connectivity index (χ3n) is 5.02. The second-order valence-corrected chi connectivity index (χ2v) is 6.77. The third-order valence-corrected chi connectivity index (χ3v) is 5.02. The SMILES string of the molecule is COCc1ccc(C2CCC(CC/C=C/CCCF)CC2)cc1. The Kier molecular flexibility index (Phi) is 8.38. The van der Waals surface area contributed by atoms with Crippen LogP contribution in [-0.2, 0) is 11.3 Å². The van der Waals surface area contributed by atoms with E-state index in [9.17, 15) is 4.39 Å². The lowest BCUT2D eigenvalue weighted by molar-refractivity contribution is 0.185. The number of unbranched alkanes of at least 4 members (excludes halogenated alkanes) is 1. The summed E-state index contributed by atoms with van der Waals surface area (Å²) in [5.41, 5.74) is 2.75. The van der Waals surface area contributed by atoms with Gasteiger partial charge >= 0.3 is 0 Å². The molecule has 2 heteroatoms. The van der Waals surface area contributed by atoms with Crippen LogP contribution in [-0.4, -0.2) is 13.8 Å². The maximum atomic E-state index is 12.0. The van der Waals surface area contributed by atoms with E-state index in [1.165, 1.54) is 43.2 Å². The Morgan fingerprint density at radius 3 is 2.39 bits per heavy atom. The van der Waals surface area contributed by atoms with Crippen molar-refractivity contribution in [2.24, 2.45) is 5.92 Å². The molecule has 0 N–H and O–H groups in total. The molecule has 1 saturated carbocycles. The average molecular weight is 318 g/mol. The predicted molar refractivity (Wildman–Crippen MR) is 95.4 cm³/mol. The zero-order valence-corrected chi connectivity index (χ0v) is 14.5. The molecule has 128 valence electrons. The van der Waals surface area contributed by atoms with Gasteiger partial charge in [0, 0.05) is 7.11 Å². The number of ether oxygens (including phenoxy) is 1. The summed E-state index contributed by atoms with van der Waals surface area (Å²) >= 11 is 0. The van der Waals surface area contributed by atoms with Crippen LogP contribution in [0.15, 0.2) is 36.4 Å². The highest BCUT2D eigenvalue weighted by Crippen LogP contribution is 2.37. The lowest BCUT2D eigenvalue weighted by Crippen LogP contribution is -2.13. The molecule has 0 unspecified atom stereocenters. The smallest absolute Gasteiger partial charge is 0.0897 e. The maximum absolute atomic E-state index is 12.0. The van der Waals surface area contributed by atoms with Crippen LogP contribution in [0.3, 0.4) is 0 Å². The molecule has 0 radical (unpaired) electrons. The zero-order valence-electron chi connectivity index (χ0n) is 14.5. The molecule has 1 aliphatic rings. The van der Waals surface area contributed by atoms with Gasteiger partial charge in [-0.2, -0.15) is 0 Å². The Bertz CT molecular complexity index is 443. The number of rotatable bonds is 9. The molecule has 0 spiro atoms. The molecule has 0 atom stereocenters. The van der Waals surface area contributed by atoms with Gasteiger partial charge in [-0.25, -0.2) is 0 Å². The summed E-state index contributed by atoms with van der Waals surface area (Å²) in [5, 5.41) is 0. The van der Waals surface area contributed by atoms with Gasteiger partial charge in [0.1, 0.15) is 0 Å². The van der Waals surface area contributed by atoms with E-state index in [1.807, 2.05) is 0 Å². The van der Waals surface area contributed by atoms with Gasteiger partial charge in [-0.1, -0.05) is 36.4 Å². The standard InChI is InChI=1S/C21H31FO/c1-23-17-19-10-14-21(15-11-19)20-12-8-18(9-13-20)7-5-3-2-4-6-16-22/h2-3,10-11,14-15,18,20H,4-9,12-13,16-17H2,1H3/b3-2+. The Morgan fingerprint density at radius 2 is 1.74 bits per heavy atom. The second kappa shape index (κ2) is 10.6. The summed E-state index contributed by atoms with van der Waals surface area (Å²) in [6, 6.07) is 8.97. The molecule has 1 aromatic carbocycles. The molecule has 1 fully saturated rings. The zero-order chi connectivity index (χ0) is 16.3. The van der Waals surface area contributed by atoms with E-state index in [0.29, 0.717) is 13.0 Å². The summed E-state index contributed by atoms with van der Waals surface area (Å²) in [4.78, 5) is 0. The molecule has 23 heavy (non-hydrogen) atoms. The molecule has 1 aliphatic carbocycles. The van der Waals surface area contributed by atoms with Crippen LogP contribution >= 0.6 is 0 Å². The summed E-state index contributed by atoms with van der Waals surface area (Å²) in [6.45, 7) is 0.507. The molecule has 0 aromatic heterocycles. The first-order valence-electron chi connectivity index (χ1n) is 9.12. The van der Waals surface area contributed by atoms with Crippen LogP contribution in [0.4, 0.5) is 4.39 Å².